The van der Waals surface area contributed by atoms with E-state index in [0.717, 1.165) is 19.0 Å². The van der Waals surface area contributed by atoms with Gasteiger partial charge in [0.1, 0.15) is 0 Å². The largest absolute Gasteiger partial charge is 0.463 e. The number of hydrogen-bond donors (Lipinski definition) is 0. The third kappa shape index (κ3) is 18.3. The van der Waals surface area contributed by atoms with Gasteiger partial charge in [-0.1, -0.05) is 20.4 Å². The molecule has 0 radical (unpaired) electrons. The van der Waals surface area contributed by atoms with E-state index in [2.05, 4.69) is 37.2 Å². The molecule has 0 saturated heterocycles. The zero-order valence-electron chi connectivity index (χ0n) is 9.17. The van der Waals surface area contributed by atoms with Gasteiger partial charge in [-0.2, -0.15) is 0 Å². The van der Waals surface area contributed by atoms with Crippen LogP contribution in [-0.2, 0) is 9.53 Å². The quantitative estimate of drug-likeness (QED) is 0.495. The Bertz CT molecular complexity index is 133. The molecule has 0 aliphatic heterocycles. The molecule has 0 rings (SSSR count). The van der Waals surface area contributed by atoms with E-state index >= 15 is 0 Å². The fourth-order valence-electron chi connectivity index (χ4n) is 0.262. The first-order chi connectivity index (χ1) is 6.08. The van der Waals surface area contributed by atoms with Crippen molar-refractivity contribution in [3.63, 3.8) is 0 Å². The molecule has 0 spiro atoms. The highest BCUT2D eigenvalue weighted by atomic mass is 16.5. The van der Waals surface area contributed by atoms with E-state index < -0.39 is 0 Å². The summed E-state index contributed by atoms with van der Waals surface area (Å²) in [5.74, 6) is -0.341. The minimum atomic E-state index is -0.341. The van der Waals surface area contributed by atoms with E-state index in [1.54, 1.807) is 0 Å². The molecular weight excluding hydrogens is 166 g/mol. The number of hydrogen-bond acceptors (Lipinski definition) is 3. The van der Waals surface area contributed by atoms with Gasteiger partial charge in [-0.15, -0.1) is 0 Å². The molecule has 0 unspecified atom stereocenters. The summed E-state index contributed by atoms with van der Waals surface area (Å²) in [5.41, 5.74) is 0. The van der Waals surface area contributed by atoms with Crippen LogP contribution in [0.2, 0.25) is 0 Å². The van der Waals surface area contributed by atoms with Gasteiger partial charge in [0.25, 0.3) is 0 Å². The topological polar surface area (TPSA) is 29.5 Å². The van der Waals surface area contributed by atoms with Gasteiger partial charge in [0.15, 0.2) is 0 Å². The van der Waals surface area contributed by atoms with Gasteiger partial charge in [-0.25, -0.2) is 4.79 Å². The summed E-state index contributed by atoms with van der Waals surface area (Å²) in [5, 5.41) is 0. The molecule has 0 aliphatic rings. The second-order valence-electron chi connectivity index (χ2n) is 2.77. The standard InChI is InChI=1S/C6H10O2.C4H11N/c1-3-5-8-6(7)4-2;1-4-5(2)3/h4H,2-3,5H2,1H3;4H2,1-3H3. The second-order valence-corrected chi connectivity index (χ2v) is 2.77. The average molecular weight is 187 g/mol. The van der Waals surface area contributed by atoms with Crippen LogP contribution in [0.4, 0.5) is 0 Å². The fourth-order valence-corrected chi connectivity index (χ4v) is 0.262. The number of carbonyl (C=O) groups is 1. The van der Waals surface area contributed by atoms with Crippen LogP contribution in [0.5, 0.6) is 0 Å². The number of rotatable bonds is 4. The highest BCUT2D eigenvalue weighted by Gasteiger charge is 1.89. The number of ether oxygens (including phenoxy) is 1. The summed E-state index contributed by atoms with van der Waals surface area (Å²) in [7, 11) is 4.11. The smallest absolute Gasteiger partial charge is 0.330 e. The molecule has 78 valence electrons. The maximum Gasteiger partial charge on any atom is 0.330 e. The molecule has 13 heavy (non-hydrogen) atoms. The fraction of sp³-hybridized carbons (Fsp3) is 0.700. The molecule has 0 aliphatic carbocycles. The van der Waals surface area contributed by atoms with Crippen LogP contribution < -0.4 is 0 Å². The van der Waals surface area contributed by atoms with Crippen molar-refractivity contribution in [2.75, 3.05) is 27.2 Å². The Hall–Kier alpha value is -0.830. The minimum absolute atomic E-state index is 0.341. The van der Waals surface area contributed by atoms with Crippen LogP contribution in [0.3, 0.4) is 0 Å². The number of nitrogens with zero attached hydrogens (tertiary/aromatic N) is 1. The molecule has 0 fully saturated rings. The SMILES string of the molecule is C=CC(=O)OCCC.CCN(C)C. The van der Waals surface area contributed by atoms with Crippen LogP contribution >= 0.6 is 0 Å². The normalized spacial score (nSPS) is 8.69. The Morgan fingerprint density at radius 2 is 1.92 bits per heavy atom. The van der Waals surface area contributed by atoms with Crippen molar-refractivity contribution in [1.29, 1.82) is 0 Å². The van der Waals surface area contributed by atoms with Crippen molar-refractivity contribution in [3.8, 4) is 0 Å². The van der Waals surface area contributed by atoms with Crippen LogP contribution in [0, 0.1) is 0 Å². The van der Waals surface area contributed by atoms with Crippen LogP contribution in [0.1, 0.15) is 20.3 Å². The third-order valence-electron chi connectivity index (χ3n) is 1.25. The summed E-state index contributed by atoms with van der Waals surface area (Å²) in [6, 6.07) is 0. The molecular formula is C10H21NO2. The number of esters is 1. The first kappa shape index (κ1) is 14.7. The van der Waals surface area contributed by atoms with Crippen LogP contribution in [-0.4, -0.2) is 38.1 Å². The molecule has 0 aromatic rings. The van der Waals surface area contributed by atoms with Gasteiger partial charge < -0.3 is 9.64 Å². The highest BCUT2D eigenvalue weighted by Crippen LogP contribution is 1.81. The lowest BCUT2D eigenvalue weighted by atomic mass is 10.5. The molecule has 0 amide bonds. The van der Waals surface area contributed by atoms with Gasteiger partial charge in [0.05, 0.1) is 6.61 Å². The van der Waals surface area contributed by atoms with E-state index in [1.165, 1.54) is 0 Å². The summed E-state index contributed by atoms with van der Waals surface area (Å²) in [6.45, 7) is 8.93. The molecule has 0 bridgehead atoms. The first-order valence-corrected chi connectivity index (χ1v) is 4.52. The third-order valence-corrected chi connectivity index (χ3v) is 1.25. The van der Waals surface area contributed by atoms with E-state index in [4.69, 9.17) is 0 Å². The first-order valence-electron chi connectivity index (χ1n) is 4.52. The van der Waals surface area contributed by atoms with Crippen molar-refractivity contribution >= 4 is 5.97 Å². The van der Waals surface area contributed by atoms with Gasteiger partial charge in [-0.05, 0) is 27.1 Å². The highest BCUT2D eigenvalue weighted by molar-refractivity contribution is 5.81. The zero-order valence-corrected chi connectivity index (χ0v) is 9.17. The molecule has 0 heterocycles. The summed E-state index contributed by atoms with van der Waals surface area (Å²) in [4.78, 5) is 12.4. The molecule has 0 atom stereocenters. The zero-order chi connectivity index (χ0) is 10.7. The maximum atomic E-state index is 10.2. The molecule has 0 aromatic heterocycles. The van der Waals surface area contributed by atoms with E-state index in [1.807, 2.05) is 6.92 Å². The van der Waals surface area contributed by atoms with Crippen molar-refractivity contribution in [3.05, 3.63) is 12.7 Å². The Kier molecular flexibility index (Phi) is 12.6. The van der Waals surface area contributed by atoms with Gasteiger partial charge in [-0.3, -0.25) is 0 Å². The van der Waals surface area contributed by atoms with Gasteiger partial charge in [0, 0.05) is 6.08 Å². The second kappa shape index (κ2) is 11.2. The van der Waals surface area contributed by atoms with E-state index in [0.29, 0.717) is 6.61 Å². The Morgan fingerprint density at radius 3 is 2.15 bits per heavy atom. The summed E-state index contributed by atoms with van der Waals surface area (Å²) >= 11 is 0. The molecule has 3 nitrogen and oxygen atoms in total. The predicted molar refractivity (Wildman–Crippen MR) is 55.7 cm³/mol. The molecule has 3 heteroatoms. The summed E-state index contributed by atoms with van der Waals surface area (Å²) in [6.07, 6.45) is 2.02. The average Bonchev–Trinajstić information content (AvgIpc) is 2.15. The predicted octanol–water partition coefficient (Wildman–Crippen LogP) is 1.69. The van der Waals surface area contributed by atoms with Crippen molar-refractivity contribution in [2.24, 2.45) is 0 Å². The van der Waals surface area contributed by atoms with E-state index in [9.17, 15) is 4.79 Å². The Balaban J connectivity index is 0. The lowest BCUT2D eigenvalue weighted by Gasteiger charge is -2.00. The van der Waals surface area contributed by atoms with Gasteiger partial charge in [0.2, 0.25) is 0 Å². The summed E-state index contributed by atoms with van der Waals surface area (Å²) < 4.78 is 4.58. The lowest BCUT2D eigenvalue weighted by molar-refractivity contribution is -0.137. The molecule has 0 saturated carbocycles. The monoisotopic (exact) mass is 187 g/mol. The maximum absolute atomic E-state index is 10.2. The Labute approximate surface area is 81.4 Å². The van der Waals surface area contributed by atoms with Crippen LogP contribution in [0.15, 0.2) is 12.7 Å². The van der Waals surface area contributed by atoms with Crippen molar-refractivity contribution in [1.82, 2.24) is 4.90 Å². The molecule has 0 N–H and O–H groups in total. The Morgan fingerprint density at radius 1 is 1.46 bits per heavy atom. The van der Waals surface area contributed by atoms with Crippen molar-refractivity contribution in [2.45, 2.75) is 20.3 Å². The minimum Gasteiger partial charge on any atom is -0.463 e. The lowest BCUT2D eigenvalue weighted by Crippen LogP contribution is -2.08. The molecule has 0 aromatic carbocycles. The van der Waals surface area contributed by atoms with Gasteiger partial charge >= 0.3 is 5.97 Å². The van der Waals surface area contributed by atoms with E-state index in [-0.39, 0.29) is 5.97 Å². The van der Waals surface area contributed by atoms with Crippen molar-refractivity contribution < 1.29 is 9.53 Å². The number of carbonyl (C=O) groups excluding carboxylic acids is 1. The van der Waals surface area contributed by atoms with Crippen LogP contribution in [0.25, 0.3) is 0 Å².